The van der Waals surface area contributed by atoms with Crippen LogP contribution in [0.15, 0.2) is 54.6 Å². The molecule has 0 amide bonds. The molecule has 1 fully saturated rings. The van der Waals surface area contributed by atoms with Crippen molar-refractivity contribution < 1.29 is 0 Å². The molecule has 1 atom stereocenters. The highest BCUT2D eigenvalue weighted by atomic mass is 14.9. The molecule has 2 heteroatoms. The minimum atomic E-state index is 0.272. The fraction of sp³-hybridized carbons (Fsp3) is 0.368. The number of hydrogen-bond acceptors (Lipinski definition) is 2. The lowest BCUT2D eigenvalue weighted by Gasteiger charge is -2.17. The van der Waals surface area contributed by atoms with Crippen LogP contribution < -0.4 is 11.1 Å². The molecule has 21 heavy (non-hydrogen) atoms. The molecule has 1 aliphatic rings. The standard InChI is InChI=1S/C19H24N2/c20-14-19(21-13-12-15-6-7-15)18-10-8-17(9-11-18)16-4-2-1-3-5-16/h1-5,8-11,15,19,21H,6-7,12-14,20H2. The smallest absolute Gasteiger partial charge is 0.0444 e. The largest absolute Gasteiger partial charge is 0.329 e. The molecule has 0 aromatic heterocycles. The Labute approximate surface area is 127 Å². The van der Waals surface area contributed by atoms with Crippen LogP contribution in [0.25, 0.3) is 11.1 Å². The van der Waals surface area contributed by atoms with Crippen LogP contribution in [0, 0.1) is 5.92 Å². The Morgan fingerprint density at radius 2 is 1.62 bits per heavy atom. The molecule has 0 saturated heterocycles. The van der Waals surface area contributed by atoms with Crippen molar-refractivity contribution in [3.05, 3.63) is 60.2 Å². The average molecular weight is 280 g/mol. The van der Waals surface area contributed by atoms with E-state index in [0.29, 0.717) is 6.54 Å². The Balaban J connectivity index is 1.63. The van der Waals surface area contributed by atoms with Crippen molar-refractivity contribution in [1.82, 2.24) is 5.32 Å². The normalized spacial score (nSPS) is 15.9. The van der Waals surface area contributed by atoms with Crippen LogP contribution in [0.4, 0.5) is 0 Å². The van der Waals surface area contributed by atoms with Crippen molar-refractivity contribution >= 4 is 0 Å². The van der Waals surface area contributed by atoms with Gasteiger partial charge in [0.05, 0.1) is 0 Å². The van der Waals surface area contributed by atoms with Crippen LogP contribution in [0.3, 0.4) is 0 Å². The van der Waals surface area contributed by atoms with Gasteiger partial charge in [0.25, 0.3) is 0 Å². The van der Waals surface area contributed by atoms with Gasteiger partial charge in [-0.15, -0.1) is 0 Å². The van der Waals surface area contributed by atoms with E-state index in [2.05, 4.69) is 53.8 Å². The summed E-state index contributed by atoms with van der Waals surface area (Å²) in [5.41, 5.74) is 9.73. The van der Waals surface area contributed by atoms with E-state index in [1.54, 1.807) is 0 Å². The summed E-state index contributed by atoms with van der Waals surface area (Å²) in [7, 11) is 0. The van der Waals surface area contributed by atoms with Gasteiger partial charge in [-0.3, -0.25) is 0 Å². The molecule has 0 aliphatic heterocycles. The summed E-state index contributed by atoms with van der Waals surface area (Å²) in [4.78, 5) is 0. The zero-order valence-electron chi connectivity index (χ0n) is 12.5. The Bertz CT molecular complexity index is 544. The Hall–Kier alpha value is -1.64. The first-order chi connectivity index (χ1) is 10.4. The predicted octanol–water partition coefficient (Wildman–Crippen LogP) is 3.74. The van der Waals surface area contributed by atoms with E-state index in [-0.39, 0.29) is 6.04 Å². The molecule has 0 bridgehead atoms. The molecular formula is C19H24N2. The van der Waals surface area contributed by atoms with Crippen molar-refractivity contribution in [2.45, 2.75) is 25.3 Å². The van der Waals surface area contributed by atoms with Crippen molar-refractivity contribution in [3.8, 4) is 11.1 Å². The summed E-state index contributed by atoms with van der Waals surface area (Å²) >= 11 is 0. The quantitative estimate of drug-likeness (QED) is 0.810. The SMILES string of the molecule is NCC(NCCC1CC1)c1ccc(-c2ccccc2)cc1. The van der Waals surface area contributed by atoms with Gasteiger partial charge in [-0.1, -0.05) is 67.4 Å². The first-order valence-electron chi connectivity index (χ1n) is 7.95. The highest BCUT2D eigenvalue weighted by Gasteiger charge is 2.20. The van der Waals surface area contributed by atoms with E-state index in [0.717, 1.165) is 12.5 Å². The van der Waals surface area contributed by atoms with Crippen LogP contribution in [-0.4, -0.2) is 13.1 Å². The summed E-state index contributed by atoms with van der Waals surface area (Å²) < 4.78 is 0. The lowest BCUT2D eigenvalue weighted by molar-refractivity contribution is 0.516. The van der Waals surface area contributed by atoms with E-state index in [4.69, 9.17) is 5.73 Å². The Morgan fingerprint density at radius 3 is 2.24 bits per heavy atom. The zero-order valence-corrected chi connectivity index (χ0v) is 12.5. The number of nitrogens with one attached hydrogen (secondary N) is 1. The van der Waals surface area contributed by atoms with E-state index >= 15 is 0 Å². The molecular weight excluding hydrogens is 256 g/mol. The van der Waals surface area contributed by atoms with Crippen LogP contribution in [0.5, 0.6) is 0 Å². The van der Waals surface area contributed by atoms with Crippen LogP contribution in [-0.2, 0) is 0 Å². The Morgan fingerprint density at radius 1 is 0.952 bits per heavy atom. The molecule has 0 radical (unpaired) electrons. The van der Waals surface area contributed by atoms with Gasteiger partial charge >= 0.3 is 0 Å². The van der Waals surface area contributed by atoms with Crippen molar-refractivity contribution in [3.63, 3.8) is 0 Å². The van der Waals surface area contributed by atoms with Crippen molar-refractivity contribution in [1.29, 1.82) is 0 Å². The Kier molecular flexibility index (Phi) is 4.69. The molecule has 0 heterocycles. The second-order valence-corrected chi connectivity index (χ2v) is 5.96. The van der Waals surface area contributed by atoms with Crippen molar-refractivity contribution in [2.24, 2.45) is 11.7 Å². The van der Waals surface area contributed by atoms with Crippen molar-refractivity contribution in [2.75, 3.05) is 13.1 Å². The molecule has 110 valence electrons. The zero-order chi connectivity index (χ0) is 14.5. The number of benzene rings is 2. The lowest BCUT2D eigenvalue weighted by Crippen LogP contribution is -2.29. The van der Waals surface area contributed by atoms with E-state index in [1.165, 1.54) is 36.0 Å². The molecule has 2 aromatic rings. The number of nitrogens with two attached hydrogens (primary N) is 1. The second-order valence-electron chi connectivity index (χ2n) is 5.96. The van der Waals surface area contributed by atoms with Crippen LogP contribution in [0.2, 0.25) is 0 Å². The third-order valence-corrected chi connectivity index (χ3v) is 4.30. The maximum Gasteiger partial charge on any atom is 0.0444 e. The third kappa shape index (κ3) is 3.93. The maximum atomic E-state index is 5.92. The molecule has 1 aliphatic carbocycles. The van der Waals surface area contributed by atoms with Crippen LogP contribution >= 0.6 is 0 Å². The summed E-state index contributed by atoms with van der Waals surface area (Å²) in [6.07, 6.45) is 4.13. The number of rotatable bonds is 7. The maximum absolute atomic E-state index is 5.92. The van der Waals surface area contributed by atoms with E-state index in [9.17, 15) is 0 Å². The van der Waals surface area contributed by atoms with E-state index in [1.807, 2.05) is 6.07 Å². The second kappa shape index (κ2) is 6.88. The monoisotopic (exact) mass is 280 g/mol. The summed E-state index contributed by atoms with van der Waals surface area (Å²) in [5, 5.41) is 3.59. The molecule has 2 nitrogen and oxygen atoms in total. The lowest BCUT2D eigenvalue weighted by atomic mass is 10.0. The van der Waals surface area contributed by atoms with E-state index < -0.39 is 0 Å². The molecule has 1 unspecified atom stereocenters. The van der Waals surface area contributed by atoms with Gasteiger partial charge in [0.15, 0.2) is 0 Å². The van der Waals surface area contributed by atoms with Gasteiger partial charge in [-0.05, 0) is 35.6 Å². The highest BCUT2D eigenvalue weighted by molar-refractivity contribution is 5.63. The highest BCUT2D eigenvalue weighted by Crippen LogP contribution is 2.32. The fourth-order valence-corrected chi connectivity index (χ4v) is 2.74. The van der Waals surface area contributed by atoms with Gasteiger partial charge in [-0.25, -0.2) is 0 Å². The fourth-order valence-electron chi connectivity index (χ4n) is 2.74. The molecule has 0 spiro atoms. The summed E-state index contributed by atoms with van der Waals surface area (Å²) in [5.74, 6) is 0.969. The van der Waals surface area contributed by atoms with Gasteiger partial charge < -0.3 is 11.1 Å². The summed E-state index contributed by atoms with van der Waals surface area (Å²) in [6.45, 7) is 1.72. The first-order valence-corrected chi connectivity index (χ1v) is 7.95. The summed E-state index contributed by atoms with van der Waals surface area (Å²) in [6, 6.07) is 19.5. The van der Waals surface area contributed by atoms with Crippen LogP contribution in [0.1, 0.15) is 30.9 Å². The minimum Gasteiger partial charge on any atom is -0.329 e. The van der Waals surface area contributed by atoms with Gasteiger partial charge in [0, 0.05) is 12.6 Å². The first kappa shape index (κ1) is 14.3. The molecule has 3 rings (SSSR count). The molecule has 2 aromatic carbocycles. The molecule has 3 N–H and O–H groups in total. The minimum absolute atomic E-state index is 0.272. The van der Waals surface area contributed by atoms with Gasteiger partial charge in [-0.2, -0.15) is 0 Å². The van der Waals surface area contributed by atoms with Gasteiger partial charge in [0.1, 0.15) is 0 Å². The predicted molar refractivity (Wildman–Crippen MR) is 89.0 cm³/mol. The average Bonchev–Trinajstić information content (AvgIpc) is 3.37. The van der Waals surface area contributed by atoms with Gasteiger partial charge in [0.2, 0.25) is 0 Å². The molecule has 1 saturated carbocycles. The topological polar surface area (TPSA) is 38.0 Å². The third-order valence-electron chi connectivity index (χ3n) is 4.30. The number of hydrogen-bond donors (Lipinski definition) is 2.